The molecule has 3 rings (SSSR count). The van der Waals surface area contributed by atoms with Crippen LogP contribution >= 0.6 is 0 Å². The monoisotopic (exact) mass is 333 g/mol. The first-order chi connectivity index (χ1) is 10.9. The molecule has 0 bridgehead atoms. The summed E-state index contributed by atoms with van der Waals surface area (Å²) in [6, 6.07) is 11.1. The molecule has 122 valence electrons. The molecular formula is C16H19N3O3S. The van der Waals surface area contributed by atoms with Gasteiger partial charge < -0.3 is 9.47 Å². The molecule has 23 heavy (non-hydrogen) atoms. The van der Waals surface area contributed by atoms with Crippen molar-refractivity contribution in [1.82, 2.24) is 9.47 Å². The molecule has 1 amide bonds. The van der Waals surface area contributed by atoms with Gasteiger partial charge in [0.05, 0.1) is 5.25 Å². The number of hydrogen-bond acceptors (Lipinski definition) is 3. The molecule has 2 N–H and O–H groups in total. The van der Waals surface area contributed by atoms with Crippen LogP contribution < -0.4 is 5.14 Å². The number of likely N-dealkylation sites (tertiary alicyclic amines) is 1. The van der Waals surface area contributed by atoms with Gasteiger partial charge in [-0.15, -0.1) is 0 Å². The summed E-state index contributed by atoms with van der Waals surface area (Å²) in [5.74, 6) is -0.155. The predicted molar refractivity (Wildman–Crippen MR) is 87.8 cm³/mol. The third-order valence-corrected chi connectivity index (χ3v) is 5.46. The lowest BCUT2D eigenvalue weighted by Gasteiger charge is -2.31. The second-order valence-electron chi connectivity index (χ2n) is 5.74. The van der Waals surface area contributed by atoms with Gasteiger partial charge in [0.2, 0.25) is 10.0 Å². The largest absolute Gasteiger partial charge is 0.337 e. The molecule has 1 saturated heterocycles. The molecule has 0 saturated carbocycles. The second kappa shape index (κ2) is 6.17. The fourth-order valence-electron chi connectivity index (χ4n) is 2.86. The Kier molecular flexibility index (Phi) is 4.23. The van der Waals surface area contributed by atoms with Crippen LogP contribution in [0.2, 0.25) is 0 Å². The number of piperidine rings is 1. The summed E-state index contributed by atoms with van der Waals surface area (Å²) in [6.07, 6.45) is 5.01. The standard InChI is InChI=1S/C16H19N3O3S/c17-23(21,22)15-4-3-11-19(12-15)16(20)13-5-7-14(8-6-13)18-9-1-2-10-18/h1-2,5-10,15H,3-4,11-12H2,(H2,17,21,22). The van der Waals surface area contributed by atoms with Crippen molar-refractivity contribution >= 4 is 15.9 Å². The van der Waals surface area contributed by atoms with E-state index in [1.807, 2.05) is 41.2 Å². The van der Waals surface area contributed by atoms with Crippen molar-refractivity contribution in [3.63, 3.8) is 0 Å². The number of carbonyl (C=O) groups is 1. The van der Waals surface area contributed by atoms with E-state index in [2.05, 4.69) is 0 Å². The van der Waals surface area contributed by atoms with Crippen molar-refractivity contribution in [3.05, 3.63) is 54.4 Å². The number of nitrogens with zero attached hydrogens (tertiary/aromatic N) is 2. The van der Waals surface area contributed by atoms with E-state index in [0.29, 0.717) is 24.9 Å². The Hall–Kier alpha value is -2.12. The van der Waals surface area contributed by atoms with Crippen molar-refractivity contribution in [2.24, 2.45) is 5.14 Å². The lowest BCUT2D eigenvalue weighted by Crippen LogP contribution is -2.47. The highest BCUT2D eigenvalue weighted by Gasteiger charge is 2.30. The van der Waals surface area contributed by atoms with E-state index in [1.54, 1.807) is 17.0 Å². The zero-order valence-corrected chi connectivity index (χ0v) is 13.4. The number of carbonyl (C=O) groups excluding carboxylic acids is 1. The summed E-state index contributed by atoms with van der Waals surface area (Å²) in [4.78, 5) is 14.1. The van der Waals surface area contributed by atoms with Gasteiger partial charge in [0.25, 0.3) is 5.91 Å². The third kappa shape index (κ3) is 3.46. The number of rotatable bonds is 3. The van der Waals surface area contributed by atoms with Crippen molar-refractivity contribution < 1.29 is 13.2 Å². The molecule has 1 aliphatic heterocycles. The SMILES string of the molecule is NS(=O)(=O)C1CCCN(C(=O)c2ccc(-n3cccc3)cc2)C1. The molecule has 0 spiro atoms. The minimum absolute atomic E-state index is 0.155. The van der Waals surface area contributed by atoms with E-state index in [-0.39, 0.29) is 12.5 Å². The molecule has 1 atom stereocenters. The molecule has 1 aromatic heterocycles. The molecular weight excluding hydrogens is 314 g/mol. The van der Waals surface area contributed by atoms with Crippen molar-refractivity contribution in [3.8, 4) is 5.69 Å². The second-order valence-corrected chi connectivity index (χ2v) is 7.59. The van der Waals surface area contributed by atoms with Gasteiger partial charge in [0, 0.05) is 36.7 Å². The van der Waals surface area contributed by atoms with E-state index in [9.17, 15) is 13.2 Å². The van der Waals surface area contributed by atoms with Crippen LogP contribution in [0.25, 0.3) is 5.69 Å². The van der Waals surface area contributed by atoms with Crippen molar-refractivity contribution in [2.45, 2.75) is 18.1 Å². The van der Waals surface area contributed by atoms with Crippen LogP contribution in [0.15, 0.2) is 48.8 Å². The Bertz CT molecular complexity index is 782. The van der Waals surface area contributed by atoms with E-state index >= 15 is 0 Å². The smallest absolute Gasteiger partial charge is 0.253 e. The summed E-state index contributed by atoms with van der Waals surface area (Å²) >= 11 is 0. The summed E-state index contributed by atoms with van der Waals surface area (Å²) in [7, 11) is -3.61. The maximum absolute atomic E-state index is 12.6. The first kappa shape index (κ1) is 15.8. The summed E-state index contributed by atoms with van der Waals surface area (Å²) in [5, 5.41) is 4.55. The summed E-state index contributed by atoms with van der Waals surface area (Å²) in [5.41, 5.74) is 1.52. The Morgan fingerprint density at radius 2 is 1.78 bits per heavy atom. The van der Waals surface area contributed by atoms with Crippen molar-refractivity contribution in [1.29, 1.82) is 0 Å². The highest BCUT2D eigenvalue weighted by molar-refractivity contribution is 7.89. The fourth-order valence-corrected chi connectivity index (χ4v) is 3.74. The molecule has 2 heterocycles. The molecule has 6 nitrogen and oxygen atoms in total. The molecule has 0 radical (unpaired) electrons. The molecule has 7 heteroatoms. The first-order valence-corrected chi connectivity index (χ1v) is 9.10. The maximum Gasteiger partial charge on any atom is 0.253 e. The van der Waals surface area contributed by atoms with Gasteiger partial charge >= 0.3 is 0 Å². The molecule has 1 aromatic carbocycles. The Morgan fingerprint density at radius 1 is 1.13 bits per heavy atom. The van der Waals surface area contributed by atoms with Gasteiger partial charge in [0.15, 0.2) is 0 Å². The number of amides is 1. The van der Waals surface area contributed by atoms with Crippen LogP contribution in [0.1, 0.15) is 23.2 Å². The number of hydrogen-bond donors (Lipinski definition) is 1. The van der Waals surface area contributed by atoms with Crippen molar-refractivity contribution in [2.75, 3.05) is 13.1 Å². The average molecular weight is 333 g/mol. The lowest BCUT2D eigenvalue weighted by molar-refractivity contribution is 0.0727. The van der Waals surface area contributed by atoms with Crippen LogP contribution in [-0.2, 0) is 10.0 Å². The fraction of sp³-hybridized carbons (Fsp3) is 0.312. The average Bonchev–Trinajstić information content (AvgIpc) is 3.08. The van der Waals surface area contributed by atoms with E-state index < -0.39 is 15.3 Å². The van der Waals surface area contributed by atoms with E-state index in [0.717, 1.165) is 5.69 Å². The number of nitrogens with two attached hydrogens (primary N) is 1. The molecule has 2 aromatic rings. The topological polar surface area (TPSA) is 85.4 Å². The van der Waals surface area contributed by atoms with E-state index in [1.165, 1.54) is 0 Å². The van der Waals surface area contributed by atoms with Crippen LogP contribution in [0.3, 0.4) is 0 Å². The molecule has 1 unspecified atom stereocenters. The quantitative estimate of drug-likeness (QED) is 0.920. The molecule has 1 fully saturated rings. The van der Waals surface area contributed by atoms with Gasteiger partial charge in [-0.3, -0.25) is 4.79 Å². The number of primary sulfonamides is 1. The Morgan fingerprint density at radius 3 is 2.39 bits per heavy atom. The first-order valence-electron chi connectivity index (χ1n) is 7.49. The highest BCUT2D eigenvalue weighted by atomic mass is 32.2. The Balaban J connectivity index is 1.75. The number of sulfonamides is 1. The van der Waals surface area contributed by atoms with Gasteiger partial charge in [-0.05, 0) is 49.2 Å². The summed E-state index contributed by atoms with van der Waals surface area (Å²) < 4.78 is 25.0. The zero-order chi connectivity index (χ0) is 16.4. The predicted octanol–water partition coefficient (Wildman–Crippen LogP) is 1.37. The highest BCUT2D eigenvalue weighted by Crippen LogP contribution is 2.18. The lowest BCUT2D eigenvalue weighted by atomic mass is 10.1. The van der Waals surface area contributed by atoms with E-state index in [4.69, 9.17) is 5.14 Å². The molecule has 1 aliphatic rings. The van der Waals surface area contributed by atoms with Gasteiger partial charge in [-0.25, -0.2) is 13.6 Å². The zero-order valence-electron chi connectivity index (χ0n) is 12.6. The third-order valence-electron chi connectivity index (χ3n) is 4.15. The minimum atomic E-state index is -3.61. The van der Waals surface area contributed by atoms with Gasteiger partial charge in [-0.2, -0.15) is 0 Å². The van der Waals surface area contributed by atoms with Gasteiger partial charge in [0.1, 0.15) is 0 Å². The van der Waals surface area contributed by atoms with Crippen LogP contribution in [0, 0.1) is 0 Å². The van der Waals surface area contributed by atoms with Crippen LogP contribution in [0.4, 0.5) is 0 Å². The Labute approximate surface area is 135 Å². The molecule has 0 aliphatic carbocycles. The van der Waals surface area contributed by atoms with Crippen LogP contribution in [0.5, 0.6) is 0 Å². The maximum atomic E-state index is 12.6. The summed E-state index contributed by atoms with van der Waals surface area (Å²) in [6.45, 7) is 0.723. The van der Waals surface area contributed by atoms with Gasteiger partial charge in [-0.1, -0.05) is 0 Å². The normalized spacial score (nSPS) is 18.8. The minimum Gasteiger partial charge on any atom is -0.337 e. The number of aromatic nitrogens is 1. The number of benzene rings is 1. The van der Waals surface area contributed by atoms with Crippen LogP contribution in [-0.4, -0.2) is 42.1 Å².